The topological polar surface area (TPSA) is 73.1 Å². The van der Waals surface area contributed by atoms with Gasteiger partial charge in [-0.1, -0.05) is 23.7 Å². The van der Waals surface area contributed by atoms with Gasteiger partial charge in [0, 0.05) is 25.4 Å². The Balaban J connectivity index is 2.19. The average molecular weight is 283 g/mol. The standard InChI is InChI=1S/C13H15ClN2O3/c1-8-7-16(5-4-12(8)15-19)13(18)10-6-9(17)2-3-11(10)14/h2-3,6,8,17,19H,4-5,7H2,1H3/b15-12+. The lowest BCUT2D eigenvalue weighted by atomic mass is 9.97. The fourth-order valence-electron chi connectivity index (χ4n) is 2.20. The van der Waals surface area contributed by atoms with Crippen molar-refractivity contribution in [3.63, 3.8) is 0 Å². The number of hydrogen-bond donors (Lipinski definition) is 2. The second-order valence-corrected chi connectivity index (χ2v) is 5.06. The lowest BCUT2D eigenvalue weighted by molar-refractivity contribution is 0.0733. The first-order chi connectivity index (χ1) is 9.02. The summed E-state index contributed by atoms with van der Waals surface area (Å²) in [6, 6.07) is 4.30. The van der Waals surface area contributed by atoms with E-state index in [0.717, 1.165) is 0 Å². The zero-order chi connectivity index (χ0) is 14.0. The summed E-state index contributed by atoms with van der Waals surface area (Å²) < 4.78 is 0. The number of oxime groups is 1. The van der Waals surface area contributed by atoms with Crippen molar-refractivity contribution < 1.29 is 15.1 Å². The molecule has 1 fully saturated rings. The lowest BCUT2D eigenvalue weighted by Crippen LogP contribution is -2.43. The van der Waals surface area contributed by atoms with Crippen molar-refractivity contribution in [2.75, 3.05) is 13.1 Å². The van der Waals surface area contributed by atoms with Gasteiger partial charge >= 0.3 is 0 Å². The number of benzene rings is 1. The number of halogens is 1. The average Bonchev–Trinajstić information content (AvgIpc) is 2.40. The molecule has 2 rings (SSSR count). The molecule has 0 radical (unpaired) electrons. The Kier molecular flexibility index (Phi) is 3.95. The van der Waals surface area contributed by atoms with Crippen LogP contribution in [0.5, 0.6) is 5.75 Å². The molecule has 5 nitrogen and oxygen atoms in total. The van der Waals surface area contributed by atoms with E-state index >= 15 is 0 Å². The maximum Gasteiger partial charge on any atom is 0.255 e. The molecule has 1 heterocycles. The number of hydrogen-bond acceptors (Lipinski definition) is 4. The van der Waals surface area contributed by atoms with E-state index in [1.807, 2.05) is 6.92 Å². The van der Waals surface area contributed by atoms with Gasteiger partial charge in [0.15, 0.2) is 0 Å². The molecule has 0 bridgehead atoms. The Morgan fingerprint density at radius 3 is 2.89 bits per heavy atom. The smallest absolute Gasteiger partial charge is 0.255 e. The minimum absolute atomic E-state index is 0.00965. The Labute approximate surface area is 116 Å². The van der Waals surface area contributed by atoms with Gasteiger partial charge in [0.1, 0.15) is 5.75 Å². The van der Waals surface area contributed by atoms with Crippen LogP contribution in [0.15, 0.2) is 23.4 Å². The van der Waals surface area contributed by atoms with E-state index < -0.39 is 0 Å². The Morgan fingerprint density at radius 1 is 1.53 bits per heavy atom. The summed E-state index contributed by atoms with van der Waals surface area (Å²) in [4.78, 5) is 14.0. The van der Waals surface area contributed by atoms with Gasteiger partial charge in [-0.25, -0.2) is 0 Å². The van der Waals surface area contributed by atoms with Gasteiger partial charge in [0.05, 0.1) is 16.3 Å². The molecule has 1 amide bonds. The van der Waals surface area contributed by atoms with Crippen molar-refractivity contribution in [2.24, 2.45) is 11.1 Å². The van der Waals surface area contributed by atoms with Crippen LogP contribution in [0, 0.1) is 5.92 Å². The van der Waals surface area contributed by atoms with E-state index in [1.165, 1.54) is 18.2 Å². The summed E-state index contributed by atoms with van der Waals surface area (Å²) in [6.07, 6.45) is 0.542. The first-order valence-corrected chi connectivity index (χ1v) is 6.39. The predicted molar refractivity (Wildman–Crippen MR) is 72.0 cm³/mol. The molecule has 0 spiro atoms. The maximum atomic E-state index is 12.3. The van der Waals surface area contributed by atoms with E-state index in [2.05, 4.69) is 5.16 Å². The molecule has 0 saturated carbocycles. The van der Waals surface area contributed by atoms with Crippen molar-refractivity contribution in [1.29, 1.82) is 0 Å². The molecule has 1 saturated heterocycles. The third-order valence-corrected chi connectivity index (χ3v) is 3.63. The highest BCUT2D eigenvalue weighted by Crippen LogP contribution is 2.24. The maximum absolute atomic E-state index is 12.3. The minimum Gasteiger partial charge on any atom is -0.508 e. The molecule has 1 aliphatic heterocycles. The van der Waals surface area contributed by atoms with Gasteiger partial charge in [0.2, 0.25) is 0 Å². The molecule has 19 heavy (non-hydrogen) atoms. The molecule has 2 N–H and O–H groups in total. The number of piperidine rings is 1. The van der Waals surface area contributed by atoms with Gasteiger partial charge < -0.3 is 15.2 Å². The van der Waals surface area contributed by atoms with Crippen molar-refractivity contribution in [1.82, 2.24) is 4.90 Å². The highest BCUT2D eigenvalue weighted by atomic mass is 35.5. The normalized spacial score (nSPS) is 21.7. The Bertz CT molecular complexity index is 531. The van der Waals surface area contributed by atoms with E-state index in [9.17, 15) is 9.90 Å². The number of amides is 1. The summed E-state index contributed by atoms with van der Waals surface area (Å²) in [5.41, 5.74) is 0.990. The molecule has 1 atom stereocenters. The minimum atomic E-state index is -0.218. The van der Waals surface area contributed by atoms with E-state index in [-0.39, 0.29) is 17.6 Å². The van der Waals surface area contributed by atoms with Crippen LogP contribution in [0.3, 0.4) is 0 Å². The van der Waals surface area contributed by atoms with Crippen LogP contribution < -0.4 is 0 Å². The van der Waals surface area contributed by atoms with E-state index in [4.69, 9.17) is 16.8 Å². The Morgan fingerprint density at radius 2 is 2.26 bits per heavy atom. The van der Waals surface area contributed by atoms with Gasteiger partial charge in [0.25, 0.3) is 5.91 Å². The van der Waals surface area contributed by atoms with E-state index in [1.54, 1.807) is 4.90 Å². The zero-order valence-electron chi connectivity index (χ0n) is 10.5. The molecular formula is C13H15ClN2O3. The highest BCUT2D eigenvalue weighted by molar-refractivity contribution is 6.33. The van der Waals surface area contributed by atoms with Crippen molar-refractivity contribution >= 4 is 23.2 Å². The zero-order valence-corrected chi connectivity index (χ0v) is 11.3. The highest BCUT2D eigenvalue weighted by Gasteiger charge is 2.27. The van der Waals surface area contributed by atoms with Gasteiger partial charge in [-0.05, 0) is 18.2 Å². The molecule has 0 aromatic heterocycles. The fraction of sp³-hybridized carbons (Fsp3) is 0.385. The van der Waals surface area contributed by atoms with Crippen molar-refractivity contribution in [3.05, 3.63) is 28.8 Å². The molecular weight excluding hydrogens is 268 g/mol. The van der Waals surface area contributed by atoms with Crippen LogP contribution in [0.2, 0.25) is 5.02 Å². The third-order valence-electron chi connectivity index (χ3n) is 3.30. The first kappa shape index (κ1) is 13.7. The van der Waals surface area contributed by atoms with Crippen LogP contribution in [0.1, 0.15) is 23.7 Å². The number of carbonyl (C=O) groups is 1. The number of phenols is 1. The number of likely N-dealkylation sites (tertiary alicyclic amines) is 1. The number of rotatable bonds is 1. The Hall–Kier alpha value is -1.75. The van der Waals surface area contributed by atoms with Gasteiger partial charge in [-0.3, -0.25) is 4.79 Å². The number of nitrogens with zero attached hydrogens (tertiary/aromatic N) is 2. The molecule has 102 valence electrons. The van der Waals surface area contributed by atoms with E-state index in [0.29, 0.717) is 35.8 Å². The third kappa shape index (κ3) is 2.81. The van der Waals surface area contributed by atoms with Crippen molar-refractivity contribution in [3.8, 4) is 5.75 Å². The monoisotopic (exact) mass is 282 g/mol. The van der Waals surface area contributed by atoms with Crippen LogP contribution in [0.25, 0.3) is 0 Å². The second-order valence-electron chi connectivity index (χ2n) is 4.66. The number of phenolic OH excluding ortho intramolecular Hbond substituents is 1. The molecule has 1 unspecified atom stereocenters. The van der Waals surface area contributed by atoms with Crippen LogP contribution >= 0.6 is 11.6 Å². The summed E-state index contributed by atoms with van der Waals surface area (Å²) >= 11 is 5.98. The summed E-state index contributed by atoms with van der Waals surface area (Å²) in [5.74, 6) is -0.195. The van der Waals surface area contributed by atoms with Gasteiger partial charge in [-0.2, -0.15) is 0 Å². The lowest BCUT2D eigenvalue weighted by Gasteiger charge is -2.31. The molecule has 1 aromatic rings. The summed E-state index contributed by atoms with van der Waals surface area (Å²) in [5, 5.41) is 21.8. The largest absolute Gasteiger partial charge is 0.508 e. The summed E-state index contributed by atoms with van der Waals surface area (Å²) in [7, 11) is 0. The summed E-state index contributed by atoms with van der Waals surface area (Å²) in [6.45, 7) is 2.86. The quantitative estimate of drug-likeness (QED) is 0.613. The van der Waals surface area contributed by atoms with Crippen LogP contribution in [-0.2, 0) is 0 Å². The molecule has 0 aliphatic carbocycles. The molecule has 6 heteroatoms. The second kappa shape index (κ2) is 5.48. The number of carbonyl (C=O) groups excluding carboxylic acids is 1. The fourth-order valence-corrected chi connectivity index (χ4v) is 2.40. The van der Waals surface area contributed by atoms with Gasteiger partial charge in [-0.15, -0.1) is 0 Å². The predicted octanol–water partition coefficient (Wildman–Crippen LogP) is 2.36. The first-order valence-electron chi connectivity index (χ1n) is 6.01. The molecule has 1 aliphatic rings. The molecule has 1 aromatic carbocycles. The van der Waals surface area contributed by atoms with Crippen molar-refractivity contribution in [2.45, 2.75) is 13.3 Å². The van der Waals surface area contributed by atoms with Crippen LogP contribution in [0.4, 0.5) is 0 Å². The van der Waals surface area contributed by atoms with Crippen LogP contribution in [-0.4, -0.2) is 39.9 Å². The number of aromatic hydroxyl groups is 1. The SMILES string of the molecule is CC1CN(C(=O)c2cc(O)ccc2Cl)CC/C1=N\O.